The van der Waals surface area contributed by atoms with Gasteiger partial charge in [0, 0.05) is 31.1 Å². The zero-order valence-electron chi connectivity index (χ0n) is 10.2. The van der Waals surface area contributed by atoms with Gasteiger partial charge in [0.05, 0.1) is 5.75 Å². The monoisotopic (exact) mass is 249 g/mol. The smallest absolute Gasteiger partial charge is 0.106 e. The van der Waals surface area contributed by atoms with Gasteiger partial charge < -0.3 is 9.80 Å². The number of hydrogen-bond acceptors (Lipinski definition) is 3. The molecule has 0 aliphatic carbocycles. The van der Waals surface area contributed by atoms with Crippen LogP contribution in [0.15, 0.2) is 35.2 Å². The van der Waals surface area contributed by atoms with Gasteiger partial charge in [-0.15, -0.1) is 11.8 Å². The van der Waals surface area contributed by atoms with Gasteiger partial charge in [-0.3, -0.25) is 5.41 Å². The Morgan fingerprint density at radius 1 is 1.18 bits per heavy atom. The summed E-state index contributed by atoms with van der Waals surface area (Å²) >= 11 is 1.74. The van der Waals surface area contributed by atoms with Gasteiger partial charge in [0.1, 0.15) is 5.84 Å². The largest absolute Gasteiger partial charge is 0.357 e. The maximum absolute atomic E-state index is 8.08. The van der Waals surface area contributed by atoms with Crippen LogP contribution in [0.4, 0.5) is 0 Å². The summed E-state index contributed by atoms with van der Waals surface area (Å²) in [4.78, 5) is 5.75. The Morgan fingerprint density at radius 3 is 2.47 bits per heavy atom. The number of likely N-dealkylation sites (N-methyl/N-ethyl adjacent to an activating group) is 1. The summed E-state index contributed by atoms with van der Waals surface area (Å²) in [6, 6.07) is 10.3. The highest BCUT2D eigenvalue weighted by Gasteiger charge is 2.16. The number of piperazine rings is 1. The van der Waals surface area contributed by atoms with Gasteiger partial charge in [-0.2, -0.15) is 0 Å². The maximum atomic E-state index is 8.08. The number of nitrogens with zero attached hydrogens (tertiary/aromatic N) is 2. The van der Waals surface area contributed by atoms with Crippen molar-refractivity contribution in [3.8, 4) is 0 Å². The van der Waals surface area contributed by atoms with E-state index in [0.29, 0.717) is 0 Å². The molecule has 0 unspecified atom stereocenters. The first-order valence-electron chi connectivity index (χ1n) is 5.94. The number of hydrogen-bond donors (Lipinski definition) is 1. The Balaban J connectivity index is 1.78. The van der Waals surface area contributed by atoms with Crippen molar-refractivity contribution in [2.24, 2.45) is 0 Å². The molecule has 92 valence electrons. The first-order chi connectivity index (χ1) is 8.25. The van der Waals surface area contributed by atoms with Crippen molar-refractivity contribution in [3.05, 3.63) is 30.3 Å². The minimum absolute atomic E-state index is 0.756. The van der Waals surface area contributed by atoms with Gasteiger partial charge in [-0.25, -0.2) is 0 Å². The topological polar surface area (TPSA) is 30.3 Å². The van der Waals surface area contributed by atoms with Gasteiger partial charge in [0.2, 0.25) is 0 Å². The van der Waals surface area contributed by atoms with Crippen LogP contribution in [0, 0.1) is 5.41 Å². The molecule has 0 atom stereocenters. The van der Waals surface area contributed by atoms with Crippen LogP contribution in [-0.4, -0.2) is 54.6 Å². The molecule has 1 saturated heterocycles. The second kappa shape index (κ2) is 6.07. The van der Waals surface area contributed by atoms with Gasteiger partial charge in [-0.1, -0.05) is 18.2 Å². The summed E-state index contributed by atoms with van der Waals surface area (Å²) < 4.78 is 0. The second-order valence-electron chi connectivity index (χ2n) is 4.34. The first kappa shape index (κ1) is 12.5. The Labute approximate surface area is 107 Å². The Bertz CT molecular complexity index is 358. The van der Waals surface area contributed by atoms with Crippen LogP contribution >= 0.6 is 11.8 Å². The third kappa shape index (κ3) is 3.75. The highest BCUT2D eigenvalue weighted by Crippen LogP contribution is 2.17. The minimum atomic E-state index is 0.756. The summed E-state index contributed by atoms with van der Waals surface area (Å²) in [5.74, 6) is 1.53. The highest BCUT2D eigenvalue weighted by molar-refractivity contribution is 8.00. The van der Waals surface area contributed by atoms with E-state index < -0.39 is 0 Å². The fourth-order valence-electron chi connectivity index (χ4n) is 1.84. The van der Waals surface area contributed by atoms with Crippen LogP contribution < -0.4 is 0 Å². The third-order valence-electron chi connectivity index (χ3n) is 3.00. The molecule has 1 N–H and O–H groups in total. The van der Waals surface area contributed by atoms with E-state index in [-0.39, 0.29) is 0 Å². The molecule has 17 heavy (non-hydrogen) atoms. The summed E-state index contributed by atoms with van der Waals surface area (Å²) in [5.41, 5.74) is 0. The quantitative estimate of drug-likeness (QED) is 0.505. The van der Waals surface area contributed by atoms with Crippen molar-refractivity contribution in [1.82, 2.24) is 9.80 Å². The number of benzene rings is 1. The van der Waals surface area contributed by atoms with Crippen LogP contribution in [0.2, 0.25) is 0 Å². The van der Waals surface area contributed by atoms with Crippen molar-refractivity contribution in [3.63, 3.8) is 0 Å². The molecular weight excluding hydrogens is 230 g/mol. The van der Waals surface area contributed by atoms with Gasteiger partial charge in [0.15, 0.2) is 0 Å². The molecule has 0 amide bonds. The van der Waals surface area contributed by atoms with Crippen molar-refractivity contribution in [2.75, 3.05) is 39.0 Å². The van der Waals surface area contributed by atoms with Gasteiger partial charge in [0.25, 0.3) is 0 Å². The third-order valence-corrected chi connectivity index (χ3v) is 4.03. The molecule has 2 rings (SSSR count). The van der Waals surface area contributed by atoms with E-state index in [0.717, 1.165) is 37.8 Å². The standard InChI is InChI=1S/C13H19N3S/c1-15-7-9-16(10-8-15)13(14)11-17-12-5-3-2-4-6-12/h2-6,14H,7-11H2,1H3. The van der Waals surface area contributed by atoms with E-state index in [1.165, 1.54) is 4.90 Å². The molecule has 1 aromatic rings. The van der Waals surface area contributed by atoms with E-state index >= 15 is 0 Å². The fourth-order valence-corrected chi connectivity index (χ4v) is 2.67. The predicted molar refractivity (Wildman–Crippen MR) is 74.0 cm³/mol. The molecule has 1 heterocycles. The lowest BCUT2D eigenvalue weighted by Crippen LogP contribution is -2.47. The number of thioether (sulfide) groups is 1. The van der Waals surface area contributed by atoms with Crippen LogP contribution in [0.3, 0.4) is 0 Å². The molecule has 4 heteroatoms. The molecule has 3 nitrogen and oxygen atoms in total. The van der Waals surface area contributed by atoms with E-state index in [9.17, 15) is 0 Å². The lowest BCUT2D eigenvalue weighted by atomic mass is 10.3. The van der Waals surface area contributed by atoms with Gasteiger partial charge in [-0.05, 0) is 19.2 Å². The van der Waals surface area contributed by atoms with E-state index in [4.69, 9.17) is 5.41 Å². The molecule has 0 bridgehead atoms. The molecule has 1 aliphatic rings. The van der Waals surface area contributed by atoms with Crippen LogP contribution in [0.5, 0.6) is 0 Å². The normalized spacial score (nSPS) is 17.1. The number of rotatable bonds is 3. The average molecular weight is 249 g/mol. The van der Waals surface area contributed by atoms with Crippen LogP contribution in [0.25, 0.3) is 0 Å². The van der Waals surface area contributed by atoms with Crippen molar-refractivity contribution in [1.29, 1.82) is 5.41 Å². The van der Waals surface area contributed by atoms with Gasteiger partial charge >= 0.3 is 0 Å². The van der Waals surface area contributed by atoms with E-state index in [1.54, 1.807) is 11.8 Å². The van der Waals surface area contributed by atoms with Crippen LogP contribution in [-0.2, 0) is 0 Å². The first-order valence-corrected chi connectivity index (χ1v) is 6.93. The second-order valence-corrected chi connectivity index (χ2v) is 5.39. The zero-order valence-corrected chi connectivity index (χ0v) is 11.0. The summed E-state index contributed by atoms with van der Waals surface area (Å²) in [5, 5.41) is 8.08. The minimum Gasteiger partial charge on any atom is -0.357 e. The molecule has 1 aliphatic heterocycles. The Kier molecular flexibility index (Phi) is 4.45. The van der Waals surface area contributed by atoms with Crippen molar-refractivity contribution < 1.29 is 0 Å². The van der Waals surface area contributed by atoms with Crippen molar-refractivity contribution in [2.45, 2.75) is 4.90 Å². The highest BCUT2D eigenvalue weighted by atomic mass is 32.2. The fraction of sp³-hybridized carbons (Fsp3) is 0.462. The molecule has 0 aromatic heterocycles. The van der Waals surface area contributed by atoms with E-state index in [1.807, 2.05) is 18.2 Å². The molecular formula is C13H19N3S. The molecule has 0 spiro atoms. The SMILES string of the molecule is CN1CCN(C(=N)CSc2ccccc2)CC1. The van der Waals surface area contributed by atoms with Crippen LogP contribution in [0.1, 0.15) is 0 Å². The molecule has 0 radical (unpaired) electrons. The van der Waals surface area contributed by atoms with Crippen molar-refractivity contribution >= 4 is 17.6 Å². The lowest BCUT2D eigenvalue weighted by Gasteiger charge is -2.34. The molecule has 1 fully saturated rings. The van der Waals surface area contributed by atoms with E-state index in [2.05, 4.69) is 29.0 Å². The molecule has 0 saturated carbocycles. The molecule has 1 aromatic carbocycles. The predicted octanol–water partition coefficient (Wildman–Crippen LogP) is 2.00. The summed E-state index contributed by atoms with van der Waals surface area (Å²) in [7, 11) is 2.14. The lowest BCUT2D eigenvalue weighted by molar-refractivity contribution is 0.214. The Hall–Kier alpha value is -1.00. The summed E-state index contributed by atoms with van der Waals surface area (Å²) in [6.45, 7) is 4.12. The summed E-state index contributed by atoms with van der Waals surface area (Å²) in [6.07, 6.45) is 0. The average Bonchev–Trinajstić information content (AvgIpc) is 2.38. The number of nitrogens with one attached hydrogen (secondary N) is 1. The zero-order chi connectivity index (χ0) is 12.1. The number of amidine groups is 1. The maximum Gasteiger partial charge on any atom is 0.106 e. The Morgan fingerprint density at radius 2 is 1.82 bits per heavy atom.